The van der Waals surface area contributed by atoms with Crippen LogP contribution in [0.3, 0.4) is 0 Å². The number of fused-ring (bicyclic) bond motifs is 1. The molecule has 2 heteroatoms. The average molecular weight is 241 g/mol. The lowest BCUT2D eigenvalue weighted by molar-refractivity contribution is -0.120. The van der Waals surface area contributed by atoms with Gasteiger partial charge >= 0.3 is 0 Å². The van der Waals surface area contributed by atoms with Gasteiger partial charge in [0.2, 0.25) is 0 Å². The average Bonchev–Trinajstić information content (AvgIpc) is 2.27. The molecule has 0 saturated carbocycles. The monoisotopic (exact) mass is 241 g/mol. The first-order valence-corrected chi connectivity index (χ1v) is 6.30. The standard InChI is InChI=1S/C16H19NO/c1-16(2,3)11-13(18)10-12-8-9-17-15-7-5-4-6-14(12)15/h4-9H,10-11H2,1-3H3. The molecule has 0 fully saturated rings. The molecule has 0 amide bonds. The summed E-state index contributed by atoms with van der Waals surface area (Å²) in [5, 5.41) is 1.09. The largest absolute Gasteiger partial charge is 0.299 e. The minimum atomic E-state index is 0.0555. The zero-order valence-electron chi connectivity index (χ0n) is 11.2. The second-order valence-electron chi connectivity index (χ2n) is 5.94. The van der Waals surface area contributed by atoms with Crippen LogP contribution in [0.2, 0.25) is 0 Å². The Morgan fingerprint density at radius 1 is 1.17 bits per heavy atom. The van der Waals surface area contributed by atoms with Gasteiger partial charge in [0.1, 0.15) is 5.78 Å². The zero-order chi connectivity index (χ0) is 13.2. The highest BCUT2D eigenvalue weighted by atomic mass is 16.1. The Kier molecular flexibility index (Phi) is 3.46. The molecule has 0 unspecified atom stereocenters. The molecule has 0 saturated heterocycles. The van der Waals surface area contributed by atoms with Crippen molar-refractivity contribution in [1.82, 2.24) is 4.98 Å². The fourth-order valence-corrected chi connectivity index (χ4v) is 2.18. The van der Waals surface area contributed by atoms with Crippen molar-refractivity contribution < 1.29 is 4.79 Å². The van der Waals surface area contributed by atoms with Gasteiger partial charge in [-0.1, -0.05) is 39.0 Å². The number of para-hydroxylation sites is 1. The van der Waals surface area contributed by atoms with Crippen LogP contribution in [0.25, 0.3) is 10.9 Å². The quantitative estimate of drug-likeness (QED) is 0.818. The molecule has 2 aromatic rings. The van der Waals surface area contributed by atoms with Crippen molar-refractivity contribution in [2.75, 3.05) is 0 Å². The summed E-state index contributed by atoms with van der Waals surface area (Å²) >= 11 is 0. The van der Waals surface area contributed by atoms with Crippen molar-refractivity contribution in [3.05, 3.63) is 42.1 Å². The van der Waals surface area contributed by atoms with Crippen molar-refractivity contribution in [3.8, 4) is 0 Å². The molecule has 18 heavy (non-hydrogen) atoms. The maximum Gasteiger partial charge on any atom is 0.137 e. The third kappa shape index (κ3) is 3.16. The summed E-state index contributed by atoms with van der Waals surface area (Å²) in [6, 6.07) is 9.91. The van der Waals surface area contributed by atoms with Gasteiger partial charge in [-0.2, -0.15) is 0 Å². The first-order valence-electron chi connectivity index (χ1n) is 6.30. The Balaban J connectivity index is 2.24. The van der Waals surface area contributed by atoms with Crippen molar-refractivity contribution >= 4 is 16.7 Å². The van der Waals surface area contributed by atoms with Gasteiger partial charge in [-0.3, -0.25) is 9.78 Å². The second kappa shape index (κ2) is 4.89. The summed E-state index contributed by atoms with van der Waals surface area (Å²) in [7, 11) is 0. The molecule has 2 rings (SSSR count). The number of pyridine rings is 1. The molecule has 0 N–H and O–H groups in total. The van der Waals surface area contributed by atoms with Crippen LogP contribution in [0.1, 0.15) is 32.8 Å². The third-order valence-electron chi connectivity index (χ3n) is 2.85. The number of aromatic nitrogens is 1. The van der Waals surface area contributed by atoms with Crippen LogP contribution in [0.5, 0.6) is 0 Å². The second-order valence-corrected chi connectivity index (χ2v) is 5.94. The van der Waals surface area contributed by atoms with Crippen LogP contribution in [0.4, 0.5) is 0 Å². The predicted octanol–water partition coefficient (Wildman–Crippen LogP) is 3.78. The summed E-state index contributed by atoms with van der Waals surface area (Å²) in [5.41, 5.74) is 2.09. The first kappa shape index (κ1) is 12.7. The van der Waals surface area contributed by atoms with Crippen molar-refractivity contribution in [2.24, 2.45) is 5.41 Å². The number of carbonyl (C=O) groups excluding carboxylic acids is 1. The van der Waals surface area contributed by atoms with E-state index in [4.69, 9.17) is 0 Å². The van der Waals surface area contributed by atoms with E-state index < -0.39 is 0 Å². The van der Waals surface area contributed by atoms with Gasteiger partial charge < -0.3 is 0 Å². The lowest BCUT2D eigenvalue weighted by Gasteiger charge is -2.16. The maximum atomic E-state index is 12.1. The number of carbonyl (C=O) groups is 1. The van der Waals surface area contributed by atoms with Crippen LogP contribution in [-0.4, -0.2) is 10.8 Å². The normalized spacial score (nSPS) is 11.7. The fourth-order valence-electron chi connectivity index (χ4n) is 2.18. The molecular formula is C16H19NO. The molecule has 0 aliphatic carbocycles. The number of hydrogen-bond acceptors (Lipinski definition) is 2. The highest BCUT2D eigenvalue weighted by Crippen LogP contribution is 2.22. The van der Waals surface area contributed by atoms with E-state index in [2.05, 4.69) is 25.8 Å². The van der Waals surface area contributed by atoms with Gasteiger partial charge in [0.05, 0.1) is 5.52 Å². The van der Waals surface area contributed by atoms with E-state index in [0.717, 1.165) is 16.5 Å². The minimum Gasteiger partial charge on any atom is -0.299 e. The number of ketones is 1. The molecule has 0 atom stereocenters. The summed E-state index contributed by atoms with van der Waals surface area (Å²) in [5.74, 6) is 0.291. The van der Waals surface area contributed by atoms with Gasteiger partial charge in [-0.15, -0.1) is 0 Å². The first-order chi connectivity index (χ1) is 8.46. The predicted molar refractivity (Wildman–Crippen MR) is 74.5 cm³/mol. The summed E-state index contributed by atoms with van der Waals surface area (Å²) < 4.78 is 0. The van der Waals surface area contributed by atoms with Gasteiger partial charge in [0.25, 0.3) is 0 Å². The maximum absolute atomic E-state index is 12.1. The molecule has 0 radical (unpaired) electrons. The molecule has 2 nitrogen and oxygen atoms in total. The van der Waals surface area contributed by atoms with E-state index in [0.29, 0.717) is 18.6 Å². The number of nitrogens with zero attached hydrogens (tertiary/aromatic N) is 1. The van der Waals surface area contributed by atoms with E-state index in [1.54, 1.807) is 6.20 Å². The number of hydrogen-bond donors (Lipinski definition) is 0. The molecule has 1 heterocycles. The Labute approximate surface area is 108 Å². The Bertz CT molecular complexity index is 561. The van der Waals surface area contributed by atoms with Crippen molar-refractivity contribution in [3.63, 3.8) is 0 Å². The van der Waals surface area contributed by atoms with E-state index >= 15 is 0 Å². The molecule has 0 bridgehead atoms. The van der Waals surface area contributed by atoms with Gasteiger partial charge in [0.15, 0.2) is 0 Å². The SMILES string of the molecule is CC(C)(C)CC(=O)Cc1ccnc2ccccc12. The highest BCUT2D eigenvalue weighted by Gasteiger charge is 2.16. The summed E-state index contributed by atoms with van der Waals surface area (Å²) in [6.07, 6.45) is 2.89. The Morgan fingerprint density at radius 2 is 1.89 bits per heavy atom. The van der Waals surface area contributed by atoms with Crippen molar-refractivity contribution in [2.45, 2.75) is 33.6 Å². The number of rotatable bonds is 3. The third-order valence-corrected chi connectivity index (χ3v) is 2.85. The van der Waals surface area contributed by atoms with Crippen LogP contribution < -0.4 is 0 Å². The molecule has 94 valence electrons. The van der Waals surface area contributed by atoms with E-state index in [1.807, 2.05) is 30.3 Å². The summed E-state index contributed by atoms with van der Waals surface area (Å²) in [4.78, 5) is 16.4. The van der Waals surface area contributed by atoms with Gasteiger partial charge in [-0.25, -0.2) is 0 Å². The fraction of sp³-hybridized carbons (Fsp3) is 0.375. The topological polar surface area (TPSA) is 30.0 Å². The van der Waals surface area contributed by atoms with Crippen molar-refractivity contribution in [1.29, 1.82) is 0 Å². The number of Topliss-reactive ketones (excluding diaryl/α,β-unsaturated/α-hetero) is 1. The lowest BCUT2D eigenvalue weighted by Crippen LogP contribution is -2.14. The summed E-state index contributed by atoms with van der Waals surface area (Å²) in [6.45, 7) is 6.28. The Morgan fingerprint density at radius 3 is 2.61 bits per heavy atom. The molecule has 0 aliphatic heterocycles. The molecule has 1 aromatic heterocycles. The van der Waals surface area contributed by atoms with E-state index in [9.17, 15) is 4.79 Å². The minimum absolute atomic E-state index is 0.0555. The number of benzene rings is 1. The molecule has 0 spiro atoms. The van der Waals surface area contributed by atoms with E-state index in [-0.39, 0.29) is 5.41 Å². The van der Waals surface area contributed by atoms with Crippen LogP contribution in [0, 0.1) is 5.41 Å². The van der Waals surface area contributed by atoms with Crippen LogP contribution >= 0.6 is 0 Å². The van der Waals surface area contributed by atoms with Crippen LogP contribution in [-0.2, 0) is 11.2 Å². The molecular weight excluding hydrogens is 222 g/mol. The van der Waals surface area contributed by atoms with E-state index in [1.165, 1.54) is 0 Å². The van der Waals surface area contributed by atoms with Gasteiger partial charge in [0, 0.05) is 24.4 Å². The zero-order valence-corrected chi connectivity index (χ0v) is 11.2. The van der Waals surface area contributed by atoms with Gasteiger partial charge in [-0.05, 0) is 23.1 Å². The highest BCUT2D eigenvalue weighted by molar-refractivity contribution is 5.89. The molecule has 1 aromatic carbocycles. The Hall–Kier alpha value is -1.70. The smallest absolute Gasteiger partial charge is 0.137 e. The van der Waals surface area contributed by atoms with Crippen LogP contribution in [0.15, 0.2) is 36.5 Å². The lowest BCUT2D eigenvalue weighted by atomic mass is 9.88. The molecule has 0 aliphatic rings.